The third-order valence-corrected chi connectivity index (χ3v) is 5.25. The van der Waals surface area contributed by atoms with E-state index in [4.69, 9.17) is 0 Å². The Morgan fingerprint density at radius 3 is 2.33 bits per heavy atom. The maximum atomic E-state index is 13.1. The molecular formula is C22H17BrN2O2. The summed E-state index contributed by atoms with van der Waals surface area (Å²) in [4.78, 5) is 26.0. The molecule has 4 nitrogen and oxygen atoms in total. The Hall–Kier alpha value is -2.92. The number of halogens is 1. The van der Waals surface area contributed by atoms with Crippen molar-refractivity contribution >= 4 is 33.4 Å². The van der Waals surface area contributed by atoms with Crippen LogP contribution in [-0.2, 0) is 16.8 Å². The number of hydrogen-bond donors (Lipinski definition) is 2. The van der Waals surface area contributed by atoms with E-state index in [-0.39, 0.29) is 11.8 Å². The Kier molecular flexibility index (Phi) is 4.54. The molecule has 0 saturated heterocycles. The highest BCUT2D eigenvalue weighted by Gasteiger charge is 2.48. The fraction of sp³-hybridized carbons (Fsp3) is 0.0909. The van der Waals surface area contributed by atoms with Gasteiger partial charge in [-0.2, -0.15) is 0 Å². The molecule has 2 N–H and O–H groups in total. The van der Waals surface area contributed by atoms with Gasteiger partial charge in [0.05, 0.1) is 0 Å². The summed E-state index contributed by atoms with van der Waals surface area (Å²) in [6, 6.07) is 24.2. The van der Waals surface area contributed by atoms with Crippen LogP contribution in [0, 0.1) is 0 Å². The van der Waals surface area contributed by atoms with E-state index in [9.17, 15) is 9.59 Å². The maximum Gasteiger partial charge on any atom is 0.255 e. The molecule has 2 amide bonds. The van der Waals surface area contributed by atoms with E-state index in [0.29, 0.717) is 17.7 Å². The first-order valence-corrected chi connectivity index (χ1v) is 9.41. The smallest absolute Gasteiger partial charge is 0.255 e. The number of carbonyl (C=O) groups is 2. The molecule has 1 heterocycles. The molecule has 1 unspecified atom stereocenters. The van der Waals surface area contributed by atoms with Gasteiger partial charge in [-0.3, -0.25) is 9.59 Å². The summed E-state index contributed by atoms with van der Waals surface area (Å²) in [6.45, 7) is 0. The van der Waals surface area contributed by atoms with E-state index in [1.54, 1.807) is 24.3 Å². The van der Waals surface area contributed by atoms with Crippen molar-refractivity contribution < 1.29 is 9.59 Å². The van der Waals surface area contributed by atoms with Crippen LogP contribution < -0.4 is 10.6 Å². The van der Waals surface area contributed by atoms with Crippen LogP contribution in [0.15, 0.2) is 83.3 Å². The summed E-state index contributed by atoms with van der Waals surface area (Å²) in [5.41, 5.74) is 1.78. The minimum absolute atomic E-state index is 0.233. The van der Waals surface area contributed by atoms with E-state index in [0.717, 1.165) is 15.6 Å². The number of carbonyl (C=O) groups excluding carboxylic acids is 2. The highest BCUT2D eigenvalue weighted by atomic mass is 79.9. The predicted octanol–water partition coefficient (Wildman–Crippen LogP) is 4.27. The van der Waals surface area contributed by atoms with Crippen LogP contribution >= 0.6 is 15.9 Å². The van der Waals surface area contributed by atoms with Crippen molar-refractivity contribution in [1.82, 2.24) is 5.32 Å². The molecule has 1 aliphatic heterocycles. The molecule has 0 aliphatic carbocycles. The Labute approximate surface area is 165 Å². The van der Waals surface area contributed by atoms with Crippen LogP contribution in [0.5, 0.6) is 0 Å². The van der Waals surface area contributed by atoms with Gasteiger partial charge in [-0.1, -0.05) is 64.5 Å². The minimum Gasteiger partial charge on any atom is -0.334 e. The number of nitrogens with one attached hydrogen (secondary N) is 2. The number of hydrogen-bond acceptors (Lipinski definition) is 2. The lowest BCUT2D eigenvalue weighted by Crippen LogP contribution is -2.52. The number of anilines is 1. The van der Waals surface area contributed by atoms with E-state index < -0.39 is 5.54 Å². The lowest BCUT2D eigenvalue weighted by molar-refractivity contribution is -0.121. The van der Waals surface area contributed by atoms with E-state index in [1.165, 1.54) is 0 Å². The van der Waals surface area contributed by atoms with Crippen molar-refractivity contribution in [2.75, 3.05) is 5.32 Å². The molecule has 4 rings (SSSR count). The first kappa shape index (κ1) is 17.5. The Morgan fingerprint density at radius 1 is 0.963 bits per heavy atom. The van der Waals surface area contributed by atoms with E-state index in [2.05, 4.69) is 26.6 Å². The van der Waals surface area contributed by atoms with Gasteiger partial charge in [0.2, 0.25) is 0 Å². The molecule has 5 heteroatoms. The zero-order valence-electron chi connectivity index (χ0n) is 14.4. The molecule has 3 aromatic rings. The van der Waals surface area contributed by atoms with Gasteiger partial charge in [-0.15, -0.1) is 0 Å². The highest BCUT2D eigenvalue weighted by molar-refractivity contribution is 9.10. The summed E-state index contributed by atoms with van der Waals surface area (Å²) in [7, 11) is 0. The molecule has 0 spiro atoms. The first-order chi connectivity index (χ1) is 13.1. The molecule has 0 radical (unpaired) electrons. The summed E-state index contributed by atoms with van der Waals surface area (Å²) < 4.78 is 0.851. The minimum atomic E-state index is -1.17. The van der Waals surface area contributed by atoms with Crippen molar-refractivity contribution in [3.63, 3.8) is 0 Å². The van der Waals surface area contributed by atoms with Crippen molar-refractivity contribution in [3.05, 3.63) is 100 Å². The van der Waals surface area contributed by atoms with Gasteiger partial charge in [-0.05, 0) is 35.9 Å². The Bertz CT molecular complexity index is 1010. The van der Waals surface area contributed by atoms with Gasteiger partial charge in [0.1, 0.15) is 0 Å². The van der Waals surface area contributed by atoms with Crippen LogP contribution in [0.1, 0.15) is 21.5 Å². The Balaban J connectivity index is 1.80. The highest BCUT2D eigenvalue weighted by Crippen LogP contribution is 2.40. The van der Waals surface area contributed by atoms with Crippen LogP contribution in [0.3, 0.4) is 0 Å². The van der Waals surface area contributed by atoms with Gasteiger partial charge in [0, 0.05) is 27.7 Å². The first-order valence-electron chi connectivity index (χ1n) is 8.61. The topological polar surface area (TPSA) is 58.2 Å². The molecule has 1 atom stereocenters. The summed E-state index contributed by atoms with van der Waals surface area (Å²) in [5.74, 6) is -0.516. The van der Waals surface area contributed by atoms with Crippen molar-refractivity contribution in [2.45, 2.75) is 12.0 Å². The quantitative estimate of drug-likeness (QED) is 0.661. The van der Waals surface area contributed by atoms with Crippen molar-refractivity contribution in [2.24, 2.45) is 0 Å². The zero-order chi connectivity index (χ0) is 18.9. The van der Waals surface area contributed by atoms with Crippen molar-refractivity contribution in [3.8, 4) is 0 Å². The molecule has 0 aromatic heterocycles. The van der Waals surface area contributed by atoms with Crippen LogP contribution in [-0.4, -0.2) is 11.8 Å². The normalized spacial score (nSPS) is 17.9. The molecule has 0 fully saturated rings. The second kappa shape index (κ2) is 7.00. The van der Waals surface area contributed by atoms with E-state index in [1.807, 2.05) is 54.6 Å². The predicted molar refractivity (Wildman–Crippen MR) is 109 cm³/mol. The zero-order valence-corrected chi connectivity index (χ0v) is 16.0. The average Bonchev–Trinajstić information content (AvgIpc) is 2.94. The van der Waals surface area contributed by atoms with Gasteiger partial charge < -0.3 is 10.6 Å². The molecule has 0 saturated carbocycles. The second-order valence-corrected chi connectivity index (χ2v) is 7.45. The number of benzene rings is 3. The van der Waals surface area contributed by atoms with Crippen molar-refractivity contribution in [1.29, 1.82) is 0 Å². The average molecular weight is 421 g/mol. The van der Waals surface area contributed by atoms with Gasteiger partial charge in [0.15, 0.2) is 5.54 Å². The molecule has 134 valence electrons. The fourth-order valence-electron chi connectivity index (χ4n) is 3.43. The standard InChI is InChI=1S/C22H17BrN2O2/c23-17-11-12-19-18(13-17)22(21(27)24-19,14-15-7-3-1-4-8-15)25-20(26)16-9-5-2-6-10-16/h1-13H,14H2,(H,24,27)(H,25,26). The van der Waals surface area contributed by atoms with Crippen LogP contribution in [0.25, 0.3) is 0 Å². The lowest BCUT2D eigenvalue weighted by atomic mass is 9.84. The molecule has 0 bridgehead atoms. The summed E-state index contributed by atoms with van der Waals surface area (Å²) in [5, 5.41) is 5.94. The fourth-order valence-corrected chi connectivity index (χ4v) is 3.79. The molecule has 3 aromatic carbocycles. The number of fused-ring (bicyclic) bond motifs is 1. The van der Waals surface area contributed by atoms with Gasteiger partial charge in [0.25, 0.3) is 11.8 Å². The van der Waals surface area contributed by atoms with Gasteiger partial charge in [-0.25, -0.2) is 0 Å². The number of amides is 2. The number of rotatable bonds is 4. The van der Waals surface area contributed by atoms with Crippen LogP contribution in [0.2, 0.25) is 0 Å². The summed E-state index contributed by atoms with van der Waals surface area (Å²) >= 11 is 3.48. The monoisotopic (exact) mass is 420 g/mol. The molecule has 1 aliphatic rings. The van der Waals surface area contributed by atoms with Gasteiger partial charge >= 0.3 is 0 Å². The molecule has 27 heavy (non-hydrogen) atoms. The Morgan fingerprint density at radius 2 is 1.63 bits per heavy atom. The third kappa shape index (κ3) is 3.26. The molecular weight excluding hydrogens is 404 g/mol. The maximum absolute atomic E-state index is 13.1. The third-order valence-electron chi connectivity index (χ3n) is 4.75. The SMILES string of the molecule is O=C(NC1(Cc2ccccc2)C(=O)Nc2ccc(Br)cc21)c1ccccc1. The largest absolute Gasteiger partial charge is 0.334 e. The second-order valence-electron chi connectivity index (χ2n) is 6.53. The van der Waals surface area contributed by atoms with E-state index >= 15 is 0 Å². The van der Waals surface area contributed by atoms with Crippen LogP contribution in [0.4, 0.5) is 5.69 Å². The lowest BCUT2D eigenvalue weighted by Gasteiger charge is -2.29. The summed E-state index contributed by atoms with van der Waals surface area (Å²) in [6.07, 6.45) is 0.363.